The highest BCUT2D eigenvalue weighted by Crippen LogP contribution is 2.30. The Bertz CT molecular complexity index is 557. The standard InChI is InChI=1S/C10H7F3N2O/c1-6-8-4-2-3-7(5-16)15(8)9(14-6)10(11,12)13/h2-5H,1H3. The van der Waals surface area contributed by atoms with Gasteiger partial charge in [0.2, 0.25) is 5.82 Å². The maximum atomic E-state index is 12.6. The van der Waals surface area contributed by atoms with Crippen LogP contribution in [0.4, 0.5) is 13.2 Å². The fourth-order valence-electron chi connectivity index (χ4n) is 1.59. The van der Waals surface area contributed by atoms with Crippen molar-refractivity contribution >= 4 is 11.8 Å². The van der Waals surface area contributed by atoms with Crippen LogP contribution in [0.5, 0.6) is 0 Å². The van der Waals surface area contributed by atoms with E-state index < -0.39 is 12.0 Å². The van der Waals surface area contributed by atoms with Crippen LogP contribution in [0.15, 0.2) is 18.2 Å². The number of nitrogens with zero attached hydrogens (tertiary/aromatic N) is 2. The van der Waals surface area contributed by atoms with Crippen LogP contribution in [0.25, 0.3) is 5.52 Å². The summed E-state index contributed by atoms with van der Waals surface area (Å²) >= 11 is 0. The molecule has 2 rings (SSSR count). The zero-order chi connectivity index (χ0) is 11.9. The highest BCUT2D eigenvalue weighted by molar-refractivity contribution is 5.75. The second-order valence-electron chi connectivity index (χ2n) is 3.31. The highest BCUT2D eigenvalue weighted by Gasteiger charge is 2.37. The van der Waals surface area contributed by atoms with Crippen molar-refractivity contribution in [3.8, 4) is 0 Å². The molecule has 0 amide bonds. The molecule has 0 aliphatic carbocycles. The number of imidazole rings is 1. The molecule has 0 aromatic carbocycles. The van der Waals surface area contributed by atoms with Crippen LogP contribution < -0.4 is 0 Å². The van der Waals surface area contributed by atoms with Gasteiger partial charge in [-0.25, -0.2) is 4.98 Å². The van der Waals surface area contributed by atoms with Crippen LogP contribution >= 0.6 is 0 Å². The lowest BCUT2D eigenvalue weighted by molar-refractivity contribution is -0.145. The van der Waals surface area contributed by atoms with E-state index in [2.05, 4.69) is 4.98 Å². The van der Waals surface area contributed by atoms with Crippen LogP contribution in [-0.4, -0.2) is 15.7 Å². The SMILES string of the molecule is Cc1nc(C(F)(F)F)n2c(C=O)cccc12. The Morgan fingerprint density at radius 3 is 2.62 bits per heavy atom. The third-order valence-electron chi connectivity index (χ3n) is 2.25. The second kappa shape index (κ2) is 3.33. The lowest BCUT2D eigenvalue weighted by atomic mass is 10.3. The van der Waals surface area contributed by atoms with E-state index in [1.54, 1.807) is 0 Å². The van der Waals surface area contributed by atoms with Crippen LogP contribution in [-0.2, 0) is 6.18 Å². The minimum atomic E-state index is -4.57. The van der Waals surface area contributed by atoms with E-state index in [0.29, 0.717) is 6.29 Å². The fraction of sp³-hybridized carbons (Fsp3) is 0.200. The van der Waals surface area contributed by atoms with Crippen LogP contribution in [0.3, 0.4) is 0 Å². The molecule has 0 fully saturated rings. The van der Waals surface area contributed by atoms with E-state index in [1.807, 2.05) is 0 Å². The van der Waals surface area contributed by atoms with Crippen molar-refractivity contribution in [2.75, 3.05) is 0 Å². The number of aromatic nitrogens is 2. The molecule has 0 spiro atoms. The predicted molar refractivity (Wildman–Crippen MR) is 50.3 cm³/mol. The quantitative estimate of drug-likeness (QED) is 0.702. The van der Waals surface area contributed by atoms with Gasteiger partial charge < -0.3 is 0 Å². The summed E-state index contributed by atoms with van der Waals surface area (Å²) in [6, 6.07) is 4.33. The molecule has 0 radical (unpaired) electrons. The Morgan fingerprint density at radius 2 is 2.06 bits per heavy atom. The van der Waals surface area contributed by atoms with Crippen molar-refractivity contribution in [1.82, 2.24) is 9.38 Å². The number of pyridine rings is 1. The number of hydrogen-bond donors (Lipinski definition) is 0. The van der Waals surface area contributed by atoms with Crippen molar-refractivity contribution in [3.05, 3.63) is 35.4 Å². The van der Waals surface area contributed by atoms with Gasteiger partial charge in [0.25, 0.3) is 0 Å². The summed E-state index contributed by atoms with van der Waals surface area (Å²) in [7, 11) is 0. The number of hydrogen-bond acceptors (Lipinski definition) is 2. The summed E-state index contributed by atoms with van der Waals surface area (Å²) in [5, 5.41) is 0. The second-order valence-corrected chi connectivity index (χ2v) is 3.31. The first kappa shape index (κ1) is 10.7. The van der Waals surface area contributed by atoms with E-state index in [4.69, 9.17) is 0 Å². The van der Waals surface area contributed by atoms with Crippen LogP contribution in [0.1, 0.15) is 22.0 Å². The number of fused-ring (bicyclic) bond motifs is 1. The molecule has 0 N–H and O–H groups in total. The molecular formula is C10H7F3N2O. The zero-order valence-corrected chi connectivity index (χ0v) is 8.25. The molecule has 16 heavy (non-hydrogen) atoms. The minimum Gasteiger partial charge on any atom is -0.296 e. The van der Waals surface area contributed by atoms with Gasteiger partial charge in [-0.3, -0.25) is 9.20 Å². The smallest absolute Gasteiger partial charge is 0.296 e. The molecule has 6 heteroatoms. The minimum absolute atomic E-state index is 0.0644. The third kappa shape index (κ3) is 1.46. The van der Waals surface area contributed by atoms with Crippen LogP contribution in [0, 0.1) is 6.92 Å². The highest BCUT2D eigenvalue weighted by atomic mass is 19.4. The first-order valence-electron chi connectivity index (χ1n) is 4.45. The Labute approximate surface area is 88.5 Å². The number of carbonyl (C=O) groups excluding carboxylic acids is 1. The number of halogens is 3. The Morgan fingerprint density at radius 1 is 1.38 bits per heavy atom. The summed E-state index contributed by atoms with van der Waals surface area (Å²) in [5.41, 5.74) is 0.471. The van der Waals surface area contributed by atoms with Crippen molar-refractivity contribution < 1.29 is 18.0 Å². The summed E-state index contributed by atoms with van der Waals surface area (Å²) in [6.45, 7) is 1.47. The maximum Gasteiger partial charge on any atom is 0.450 e. The van der Waals surface area contributed by atoms with Gasteiger partial charge >= 0.3 is 6.18 Å². The first-order valence-corrected chi connectivity index (χ1v) is 4.45. The normalized spacial score (nSPS) is 12.0. The van der Waals surface area contributed by atoms with Gasteiger partial charge in [0.05, 0.1) is 16.9 Å². The largest absolute Gasteiger partial charge is 0.450 e. The molecule has 0 saturated heterocycles. The van der Waals surface area contributed by atoms with Gasteiger partial charge in [0.1, 0.15) is 0 Å². The zero-order valence-electron chi connectivity index (χ0n) is 8.25. The van der Waals surface area contributed by atoms with E-state index in [1.165, 1.54) is 25.1 Å². The first-order chi connectivity index (χ1) is 7.45. The van der Waals surface area contributed by atoms with Crippen molar-refractivity contribution in [3.63, 3.8) is 0 Å². The lowest BCUT2D eigenvalue weighted by Crippen LogP contribution is -2.12. The third-order valence-corrected chi connectivity index (χ3v) is 2.25. The molecule has 0 unspecified atom stereocenters. The number of carbonyl (C=O) groups is 1. The molecule has 0 bridgehead atoms. The molecular weight excluding hydrogens is 221 g/mol. The van der Waals surface area contributed by atoms with Crippen molar-refractivity contribution in [1.29, 1.82) is 0 Å². The predicted octanol–water partition coefficient (Wildman–Crippen LogP) is 2.47. The molecule has 0 saturated carbocycles. The van der Waals surface area contributed by atoms with Gasteiger partial charge in [-0.15, -0.1) is 0 Å². The maximum absolute atomic E-state index is 12.6. The molecule has 2 aromatic rings. The monoisotopic (exact) mass is 228 g/mol. The summed E-state index contributed by atoms with van der Waals surface area (Å²) < 4.78 is 38.8. The Hall–Kier alpha value is -1.85. The molecule has 3 nitrogen and oxygen atoms in total. The fourth-order valence-corrected chi connectivity index (χ4v) is 1.59. The summed E-state index contributed by atoms with van der Waals surface area (Å²) in [4.78, 5) is 14.1. The average molecular weight is 228 g/mol. The van der Waals surface area contributed by atoms with E-state index in [0.717, 1.165) is 4.40 Å². The van der Waals surface area contributed by atoms with Crippen molar-refractivity contribution in [2.24, 2.45) is 0 Å². The number of rotatable bonds is 1. The van der Waals surface area contributed by atoms with Crippen LogP contribution in [0.2, 0.25) is 0 Å². The Balaban J connectivity index is 2.91. The van der Waals surface area contributed by atoms with Gasteiger partial charge in [-0.05, 0) is 19.1 Å². The average Bonchev–Trinajstić information content (AvgIpc) is 2.56. The molecule has 2 heterocycles. The lowest BCUT2D eigenvalue weighted by Gasteiger charge is -2.06. The Kier molecular flexibility index (Phi) is 2.22. The number of aldehydes is 1. The van der Waals surface area contributed by atoms with Gasteiger partial charge in [0.15, 0.2) is 6.29 Å². The molecule has 2 aromatic heterocycles. The summed E-state index contributed by atoms with van der Waals surface area (Å²) in [5.74, 6) is -1.07. The molecule has 0 aliphatic rings. The molecule has 0 aliphatic heterocycles. The van der Waals surface area contributed by atoms with Gasteiger partial charge in [-0.2, -0.15) is 13.2 Å². The molecule has 0 atom stereocenters. The van der Waals surface area contributed by atoms with Crippen molar-refractivity contribution in [2.45, 2.75) is 13.1 Å². The van der Waals surface area contributed by atoms with Gasteiger partial charge in [-0.1, -0.05) is 6.07 Å². The topological polar surface area (TPSA) is 34.4 Å². The van der Waals surface area contributed by atoms with E-state index in [9.17, 15) is 18.0 Å². The van der Waals surface area contributed by atoms with E-state index in [-0.39, 0.29) is 16.9 Å². The molecule has 84 valence electrons. The van der Waals surface area contributed by atoms with E-state index >= 15 is 0 Å². The van der Waals surface area contributed by atoms with Gasteiger partial charge in [0, 0.05) is 0 Å². The number of aryl methyl sites for hydroxylation is 1. The summed E-state index contributed by atoms with van der Waals surface area (Å²) in [6.07, 6.45) is -4.19. The number of alkyl halides is 3.